The van der Waals surface area contributed by atoms with Crippen LogP contribution >= 0.6 is 23.7 Å². The maximum atomic E-state index is 12.8. The van der Waals surface area contributed by atoms with Gasteiger partial charge in [0.15, 0.2) is 0 Å². The number of hydrogen-bond donors (Lipinski definition) is 2. The van der Waals surface area contributed by atoms with Crippen molar-refractivity contribution in [3.8, 4) is 0 Å². The lowest BCUT2D eigenvalue weighted by Crippen LogP contribution is -2.43. The summed E-state index contributed by atoms with van der Waals surface area (Å²) in [7, 11) is -3.51. The van der Waals surface area contributed by atoms with E-state index in [2.05, 4.69) is 32.1 Å². The fourth-order valence-electron chi connectivity index (χ4n) is 3.40. The number of fused-ring (bicyclic) bond motifs is 1. The molecule has 0 amide bonds. The quantitative estimate of drug-likeness (QED) is 0.539. The number of rotatable bonds is 7. The Balaban J connectivity index is 0.00000240. The summed E-state index contributed by atoms with van der Waals surface area (Å²) < 4.78 is 29.6. The van der Waals surface area contributed by atoms with Gasteiger partial charge in [-0.25, -0.2) is 18.1 Å². The van der Waals surface area contributed by atoms with Crippen LogP contribution in [-0.4, -0.2) is 46.1 Å². The summed E-state index contributed by atoms with van der Waals surface area (Å²) >= 11 is 1.30. The summed E-state index contributed by atoms with van der Waals surface area (Å²) in [6.07, 6.45) is 3.38. The molecule has 0 atom stereocenters. The van der Waals surface area contributed by atoms with E-state index in [-0.39, 0.29) is 12.4 Å². The first-order valence-corrected chi connectivity index (χ1v) is 11.8. The largest absolute Gasteiger partial charge is 0.354 e. The minimum absolute atomic E-state index is 0. The first-order chi connectivity index (χ1) is 13.6. The Hall–Kier alpha value is -1.71. The number of piperazine rings is 1. The molecule has 0 spiro atoms. The molecule has 2 N–H and O–H groups in total. The van der Waals surface area contributed by atoms with Crippen LogP contribution in [0.4, 0.5) is 5.82 Å². The molecular formula is C20H25ClN4O2S2. The molecule has 0 aliphatic carbocycles. The number of halogens is 1. The van der Waals surface area contributed by atoms with Crippen molar-refractivity contribution in [2.75, 3.05) is 37.6 Å². The lowest BCUT2D eigenvalue weighted by molar-refractivity contribution is 0.581. The molecule has 1 aliphatic rings. The van der Waals surface area contributed by atoms with Crippen molar-refractivity contribution >= 4 is 49.7 Å². The smallest absolute Gasteiger partial charge is 0.250 e. The van der Waals surface area contributed by atoms with Gasteiger partial charge in [-0.15, -0.1) is 23.7 Å². The Morgan fingerprint density at radius 3 is 2.66 bits per heavy atom. The van der Waals surface area contributed by atoms with E-state index in [0.29, 0.717) is 10.8 Å². The summed E-state index contributed by atoms with van der Waals surface area (Å²) in [4.78, 5) is 6.74. The lowest BCUT2D eigenvalue weighted by atomic mass is 10.1. The van der Waals surface area contributed by atoms with Crippen LogP contribution in [0.2, 0.25) is 0 Å². The number of pyridine rings is 1. The SMILES string of the molecule is Cl.O=S(=O)(NCCCc1ccccc1)c1cc2c(N3CCNCC3)nccc2s1. The minimum atomic E-state index is -3.51. The zero-order chi connectivity index (χ0) is 19.4. The Labute approximate surface area is 181 Å². The topological polar surface area (TPSA) is 74.3 Å². The van der Waals surface area contributed by atoms with Gasteiger partial charge in [-0.3, -0.25) is 0 Å². The second-order valence-corrected chi connectivity index (χ2v) is 9.91. The normalized spacial score (nSPS) is 14.7. The first-order valence-electron chi connectivity index (χ1n) is 9.51. The van der Waals surface area contributed by atoms with Crippen molar-refractivity contribution in [2.45, 2.75) is 17.1 Å². The molecule has 3 aromatic rings. The van der Waals surface area contributed by atoms with E-state index in [1.807, 2.05) is 24.3 Å². The van der Waals surface area contributed by atoms with Gasteiger partial charge in [0, 0.05) is 49.0 Å². The third kappa shape index (κ3) is 5.26. The highest BCUT2D eigenvalue weighted by atomic mass is 35.5. The molecule has 3 heterocycles. The summed E-state index contributed by atoms with van der Waals surface area (Å²) in [5.74, 6) is 0.876. The van der Waals surface area contributed by atoms with Gasteiger partial charge in [-0.1, -0.05) is 30.3 Å². The molecule has 156 valence electrons. The molecular weight excluding hydrogens is 428 g/mol. The highest BCUT2D eigenvalue weighted by Gasteiger charge is 2.21. The predicted molar refractivity (Wildman–Crippen MR) is 122 cm³/mol. The highest BCUT2D eigenvalue weighted by molar-refractivity contribution is 7.91. The van der Waals surface area contributed by atoms with Gasteiger partial charge in [-0.05, 0) is 30.5 Å². The van der Waals surface area contributed by atoms with Crippen molar-refractivity contribution in [3.05, 3.63) is 54.2 Å². The van der Waals surface area contributed by atoms with Crippen LogP contribution in [0.3, 0.4) is 0 Å². The maximum Gasteiger partial charge on any atom is 0.250 e. The molecule has 1 saturated heterocycles. The van der Waals surface area contributed by atoms with E-state index in [4.69, 9.17) is 0 Å². The summed E-state index contributed by atoms with van der Waals surface area (Å²) in [6.45, 7) is 4.00. The molecule has 1 aromatic carbocycles. The molecule has 29 heavy (non-hydrogen) atoms. The number of hydrogen-bond acceptors (Lipinski definition) is 6. The van der Waals surface area contributed by atoms with Crippen molar-refractivity contribution in [1.82, 2.24) is 15.0 Å². The number of benzene rings is 1. The first kappa shape index (κ1) is 22.0. The van der Waals surface area contributed by atoms with Gasteiger partial charge in [0.1, 0.15) is 10.0 Å². The van der Waals surface area contributed by atoms with Gasteiger partial charge < -0.3 is 10.2 Å². The molecule has 0 bridgehead atoms. The molecule has 0 radical (unpaired) electrons. The maximum absolute atomic E-state index is 12.8. The van der Waals surface area contributed by atoms with Crippen molar-refractivity contribution in [3.63, 3.8) is 0 Å². The van der Waals surface area contributed by atoms with Crippen LogP contribution in [-0.2, 0) is 16.4 Å². The Morgan fingerprint density at radius 1 is 1.14 bits per heavy atom. The van der Waals surface area contributed by atoms with Crippen molar-refractivity contribution < 1.29 is 8.42 Å². The van der Waals surface area contributed by atoms with Gasteiger partial charge in [0.25, 0.3) is 0 Å². The Morgan fingerprint density at radius 2 is 1.90 bits per heavy atom. The Kier molecular flexibility index (Phi) is 7.48. The number of aryl methyl sites for hydroxylation is 1. The second-order valence-electron chi connectivity index (χ2n) is 6.84. The van der Waals surface area contributed by atoms with E-state index >= 15 is 0 Å². The number of nitrogens with zero attached hydrogens (tertiary/aromatic N) is 2. The molecule has 9 heteroatoms. The van der Waals surface area contributed by atoms with Crippen LogP contribution in [0.5, 0.6) is 0 Å². The summed E-state index contributed by atoms with van der Waals surface area (Å²) in [5, 5.41) is 4.25. The zero-order valence-electron chi connectivity index (χ0n) is 16.0. The highest BCUT2D eigenvalue weighted by Crippen LogP contribution is 2.34. The van der Waals surface area contributed by atoms with E-state index in [1.165, 1.54) is 16.9 Å². The number of sulfonamides is 1. The average Bonchev–Trinajstić information content (AvgIpc) is 3.18. The molecule has 1 fully saturated rings. The second kappa shape index (κ2) is 9.86. The predicted octanol–water partition coefficient (Wildman–Crippen LogP) is 3.04. The number of anilines is 1. The van der Waals surface area contributed by atoms with Crippen LogP contribution < -0.4 is 14.9 Å². The van der Waals surface area contributed by atoms with Crippen LogP contribution in [0, 0.1) is 0 Å². The standard InChI is InChI=1S/C20H24N4O2S2.ClH/c25-28(26,23-9-4-7-16-5-2-1-3-6-16)19-15-17-18(27-19)8-10-22-20(17)24-13-11-21-12-14-24;/h1-3,5-6,8,10,15,21,23H,4,7,9,11-14H2;1H. The van der Waals surface area contributed by atoms with E-state index in [0.717, 1.165) is 54.9 Å². The molecule has 0 saturated carbocycles. The average molecular weight is 453 g/mol. The van der Waals surface area contributed by atoms with Gasteiger partial charge in [-0.2, -0.15) is 0 Å². The Bertz CT molecular complexity index is 1040. The molecule has 1 aliphatic heterocycles. The number of thiophene rings is 1. The molecule has 2 aromatic heterocycles. The molecule has 0 unspecified atom stereocenters. The van der Waals surface area contributed by atoms with Crippen LogP contribution in [0.15, 0.2) is 52.9 Å². The fourth-order valence-corrected chi connectivity index (χ4v) is 5.90. The molecule has 6 nitrogen and oxygen atoms in total. The number of nitrogens with one attached hydrogen (secondary N) is 2. The van der Waals surface area contributed by atoms with E-state index < -0.39 is 10.0 Å². The van der Waals surface area contributed by atoms with E-state index in [9.17, 15) is 8.42 Å². The third-order valence-electron chi connectivity index (χ3n) is 4.86. The summed E-state index contributed by atoms with van der Waals surface area (Å²) in [6, 6.07) is 13.8. The van der Waals surface area contributed by atoms with Crippen LogP contribution in [0.25, 0.3) is 10.1 Å². The van der Waals surface area contributed by atoms with Crippen LogP contribution in [0.1, 0.15) is 12.0 Å². The van der Waals surface area contributed by atoms with E-state index in [1.54, 1.807) is 12.3 Å². The fraction of sp³-hybridized carbons (Fsp3) is 0.350. The minimum Gasteiger partial charge on any atom is -0.354 e. The van der Waals surface area contributed by atoms with Gasteiger partial charge in [0.05, 0.1) is 0 Å². The van der Waals surface area contributed by atoms with Crippen molar-refractivity contribution in [1.29, 1.82) is 0 Å². The molecule has 4 rings (SSSR count). The summed E-state index contributed by atoms with van der Waals surface area (Å²) in [5.41, 5.74) is 1.22. The monoisotopic (exact) mass is 452 g/mol. The van der Waals surface area contributed by atoms with Crippen molar-refractivity contribution in [2.24, 2.45) is 0 Å². The lowest BCUT2D eigenvalue weighted by Gasteiger charge is -2.28. The van der Waals surface area contributed by atoms with Gasteiger partial charge in [0.2, 0.25) is 10.0 Å². The number of aromatic nitrogens is 1. The zero-order valence-corrected chi connectivity index (χ0v) is 18.5. The third-order valence-corrected chi connectivity index (χ3v) is 7.90. The van der Waals surface area contributed by atoms with Gasteiger partial charge >= 0.3 is 0 Å².